The first-order valence-electron chi connectivity index (χ1n) is 4.94. The third kappa shape index (κ3) is 2.76. The number of carbonyl (C=O) groups is 1. The molecule has 17 heavy (non-hydrogen) atoms. The van der Waals surface area contributed by atoms with E-state index in [2.05, 4.69) is 20.9 Å². The van der Waals surface area contributed by atoms with Crippen molar-refractivity contribution in [1.82, 2.24) is 4.98 Å². The quantitative estimate of drug-likeness (QED) is 0.612. The van der Waals surface area contributed by atoms with Crippen molar-refractivity contribution < 1.29 is 4.79 Å². The lowest BCUT2D eigenvalue weighted by atomic mass is 10.2. The number of carbonyl (C=O) groups excluding carboxylic acids is 1. The van der Waals surface area contributed by atoms with Gasteiger partial charge in [0.2, 0.25) is 0 Å². The molecule has 0 aliphatic rings. The minimum absolute atomic E-state index is 0.0153. The van der Waals surface area contributed by atoms with Gasteiger partial charge in [-0.15, -0.1) is 22.9 Å². The molecule has 0 fully saturated rings. The minimum Gasteiger partial charge on any atom is -0.294 e. The summed E-state index contributed by atoms with van der Waals surface area (Å²) in [6, 6.07) is 7.82. The Morgan fingerprint density at radius 1 is 1.41 bits per heavy atom. The number of Topliss-reactive ketones (excluding diaryl/α,β-unsaturated/α-hetero) is 1. The summed E-state index contributed by atoms with van der Waals surface area (Å²) >= 11 is 10.6. The van der Waals surface area contributed by atoms with Crippen LogP contribution in [0.5, 0.6) is 0 Å². The van der Waals surface area contributed by atoms with Gasteiger partial charge in [0.25, 0.3) is 0 Å². The normalized spacial score (nSPS) is 10.5. The second-order valence-electron chi connectivity index (χ2n) is 3.49. The van der Waals surface area contributed by atoms with E-state index in [1.165, 1.54) is 18.3 Å². The van der Waals surface area contributed by atoms with Crippen LogP contribution in [0.2, 0.25) is 0 Å². The largest absolute Gasteiger partial charge is 0.294 e. The number of alkyl halides is 1. The number of nitrogens with zero attached hydrogens (tertiary/aromatic N) is 1. The molecule has 0 aliphatic carbocycles. The van der Waals surface area contributed by atoms with Gasteiger partial charge in [-0.25, -0.2) is 4.98 Å². The van der Waals surface area contributed by atoms with Crippen molar-refractivity contribution in [3.63, 3.8) is 0 Å². The van der Waals surface area contributed by atoms with Crippen LogP contribution in [0.1, 0.15) is 22.3 Å². The lowest BCUT2D eigenvalue weighted by Crippen LogP contribution is -1.92. The van der Waals surface area contributed by atoms with Crippen molar-refractivity contribution in [2.75, 3.05) is 0 Å². The molecule has 0 unspecified atom stereocenters. The van der Waals surface area contributed by atoms with E-state index in [0.29, 0.717) is 10.6 Å². The third-order valence-electron chi connectivity index (χ3n) is 2.23. The zero-order chi connectivity index (χ0) is 12.4. The molecule has 0 bridgehead atoms. The minimum atomic E-state index is 0.0153. The van der Waals surface area contributed by atoms with Gasteiger partial charge in [0, 0.05) is 17.0 Å². The summed E-state index contributed by atoms with van der Waals surface area (Å²) in [5, 5.41) is 0.832. The van der Waals surface area contributed by atoms with Crippen molar-refractivity contribution in [2.24, 2.45) is 0 Å². The molecule has 5 heteroatoms. The molecule has 0 N–H and O–H groups in total. The highest BCUT2D eigenvalue weighted by molar-refractivity contribution is 9.10. The number of halogens is 2. The van der Waals surface area contributed by atoms with Crippen molar-refractivity contribution in [2.45, 2.75) is 12.8 Å². The van der Waals surface area contributed by atoms with Crippen molar-refractivity contribution in [3.8, 4) is 10.6 Å². The SMILES string of the molecule is CC(=O)c1sc(-c2ccc(Br)cc2)nc1CCl. The van der Waals surface area contributed by atoms with Crippen LogP contribution in [-0.4, -0.2) is 10.8 Å². The van der Waals surface area contributed by atoms with Crippen LogP contribution in [0.15, 0.2) is 28.7 Å². The zero-order valence-corrected chi connectivity index (χ0v) is 12.2. The number of benzene rings is 1. The van der Waals surface area contributed by atoms with Crippen LogP contribution in [-0.2, 0) is 5.88 Å². The van der Waals surface area contributed by atoms with Gasteiger partial charge in [-0.05, 0) is 12.1 Å². The number of hydrogen-bond acceptors (Lipinski definition) is 3. The maximum Gasteiger partial charge on any atom is 0.171 e. The van der Waals surface area contributed by atoms with Crippen LogP contribution in [0.25, 0.3) is 10.6 Å². The van der Waals surface area contributed by atoms with Crippen LogP contribution in [0, 0.1) is 0 Å². The number of aromatic nitrogens is 1. The van der Waals surface area contributed by atoms with E-state index in [9.17, 15) is 4.79 Å². The fourth-order valence-corrected chi connectivity index (χ4v) is 2.95. The molecule has 0 atom stereocenters. The molecule has 1 heterocycles. The molecule has 2 aromatic rings. The molecule has 1 aromatic carbocycles. The van der Waals surface area contributed by atoms with Gasteiger partial charge in [0.05, 0.1) is 16.5 Å². The van der Waals surface area contributed by atoms with Crippen molar-refractivity contribution in [3.05, 3.63) is 39.3 Å². The fourth-order valence-electron chi connectivity index (χ4n) is 1.43. The van der Waals surface area contributed by atoms with Gasteiger partial charge in [0.1, 0.15) is 5.01 Å². The maximum atomic E-state index is 11.4. The number of rotatable bonds is 3. The van der Waals surface area contributed by atoms with E-state index >= 15 is 0 Å². The Morgan fingerprint density at radius 3 is 2.53 bits per heavy atom. The number of thiazole rings is 1. The van der Waals surface area contributed by atoms with E-state index in [4.69, 9.17) is 11.6 Å². The molecule has 88 valence electrons. The van der Waals surface area contributed by atoms with Crippen LogP contribution >= 0.6 is 38.9 Å². The summed E-state index contributed by atoms with van der Waals surface area (Å²) in [6.45, 7) is 1.54. The predicted octanol–water partition coefficient (Wildman–Crippen LogP) is 4.51. The van der Waals surface area contributed by atoms with E-state index in [1.54, 1.807) is 0 Å². The Bertz CT molecular complexity index is 550. The summed E-state index contributed by atoms with van der Waals surface area (Å²) in [4.78, 5) is 16.5. The summed E-state index contributed by atoms with van der Waals surface area (Å²) in [6.07, 6.45) is 0. The smallest absolute Gasteiger partial charge is 0.171 e. The third-order valence-corrected chi connectivity index (χ3v) is 4.26. The van der Waals surface area contributed by atoms with E-state index in [1.807, 2.05) is 24.3 Å². The van der Waals surface area contributed by atoms with E-state index in [0.717, 1.165) is 15.0 Å². The molecule has 0 amide bonds. The van der Waals surface area contributed by atoms with E-state index < -0.39 is 0 Å². The average molecular weight is 331 g/mol. The standard InChI is InChI=1S/C12H9BrClNOS/c1-7(16)11-10(6-14)15-12(17-11)8-2-4-9(13)5-3-8/h2-5H,6H2,1H3. The number of hydrogen-bond donors (Lipinski definition) is 0. The number of ketones is 1. The highest BCUT2D eigenvalue weighted by atomic mass is 79.9. The Hall–Kier alpha value is -0.710. The van der Waals surface area contributed by atoms with Crippen molar-refractivity contribution in [1.29, 1.82) is 0 Å². The van der Waals surface area contributed by atoms with E-state index in [-0.39, 0.29) is 11.7 Å². The van der Waals surface area contributed by atoms with Gasteiger partial charge in [-0.1, -0.05) is 28.1 Å². The molecule has 2 rings (SSSR count). The first-order valence-corrected chi connectivity index (χ1v) is 7.08. The highest BCUT2D eigenvalue weighted by Crippen LogP contribution is 2.30. The molecule has 0 spiro atoms. The molecule has 0 saturated heterocycles. The van der Waals surface area contributed by atoms with Gasteiger partial charge in [-0.2, -0.15) is 0 Å². The fraction of sp³-hybridized carbons (Fsp3) is 0.167. The van der Waals surface area contributed by atoms with Crippen LogP contribution in [0.3, 0.4) is 0 Å². The average Bonchev–Trinajstić information content (AvgIpc) is 2.74. The Morgan fingerprint density at radius 2 is 2.06 bits per heavy atom. The van der Waals surface area contributed by atoms with Gasteiger partial charge in [0.15, 0.2) is 5.78 Å². The van der Waals surface area contributed by atoms with Gasteiger partial charge >= 0.3 is 0 Å². The molecule has 0 saturated carbocycles. The first kappa shape index (κ1) is 12.7. The van der Waals surface area contributed by atoms with Crippen molar-refractivity contribution >= 4 is 44.7 Å². The Labute approximate surface area is 117 Å². The summed E-state index contributed by atoms with van der Waals surface area (Å²) in [5.74, 6) is 0.281. The lowest BCUT2D eigenvalue weighted by molar-refractivity contribution is 0.102. The summed E-state index contributed by atoms with van der Waals surface area (Å²) < 4.78 is 1.02. The lowest BCUT2D eigenvalue weighted by Gasteiger charge is -1.95. The maximum absolute atomic E-state index is 11.4. The predicted molar refractivity (Wildman–Crippen MR) is 74.8 cm³/mol. The molecule has 1 aromatic heterocycles. The van der Waals surface area contributed by atoms with Gasteiger partial charge in [-0.3, -0.25) is 4.79 Å². The molecule has 2 nitrogen and oxygen atoms in total. The Kier molecular flexibility index (Phi) is 3.97. The topological polar surface area (TPSA) is 30.0 Å². The van der Waals surface area contributed by atoms with Crippen LogP contribution in [0.4, 0.5) is 0 Å². The highest BCUT2D eigenvalue weighted by Gasteiger charge is 2.14. The zero-order valence-electron chi connectivity index (χ0n) is 9.04. The second-order valence-corrected chi connectivity index (χ2v) is 5.67. The van der Waals surface area contributed by atoms with Crippen LogP contribution < -0.4 is 0 Å². The van der Waals surface area contributed by atoms with Gasteiger partial charge < -0.3 is 0 Å². The summed E-state index contributed by atoms with van der Waals surface area (Å²) in [5.41, 5.74) is 1.67. The molecular formula is C12H9BrClNOS. The summed E-state index contributed by atoms with van der Waals surface area (Å²) in [7, 11) is 0. The second kappa shape index (κ2) is 5.29. The Balaban J connectivity index is 2.46. The first-order chi connectivity index (χ1) is 8.11. The molecule has 0 radical (unpaired) electrons. The molecular weight excluding hydrogens is 322 g/mol. The monoisotopic (exact) mass is 329 g/mol. The molecule has 0 aliphatic heterocycles.